The summed E-state index contributed by atoms with van der Waals surface area (Å²) < 4.78 is 51.4. The minimum absolute atomic E-state index is 0.202. The highest BCUT2D eigenvalue weighted by atomic mass is 19.4. The SMILES string of the molecule is CC(C)(C)C(=O)OCC(C)(Nc1nc2c(CNC(=O)N3CCOCC3)cccc2[nH]1)c1cccc(C(F)(F)F)c1. The summed E-state index contributed by atoms with van der Waals surface area (Å²) in [5.74, 6) is -0.218. The number of anilines is 1. The zero-order valence-corrected chi connectivity index (χ0v) is 22.9. The molecular formula is C28H34F3N5O4. The Morgan fingerprint density at radius 3 is 2.40 bits per heavy atom. The number of aromatic nitrogens is 2. The molecule has 12 heteroatoms. The van der Waals surface area contributed by atoms with E-state index in [0.717, 1.165) is 17.7 Å². The van der Waals surface area contributed by atoms with Crippen molar-refractivity contribution in [1.29, 1.82) is 0 Å². The zero-order chi connectivity index (χ0) is 29.1. The minimum atomic E-state index is -4.54. The van der Waals surface area contributed by atoms with Crippen LogP contribution < -0.4 is 10.6 Å². The number of halogens is 3. The molecule has 1 unspecified atom stereocenters. The third-order valence-corrected chi connectivity index (χ3v) is 6.65. The standard InChI is InChI=1S/C28H34F3N5O4/c1-26(2,3)23(37)40-17-27(4,19-8-6-9-20(15-19)28(29,30)31)35-24-33-21-10-5-7-18(22(21)34-24)16-32-25(38)36-11-13-39-14-12-36/h5-10,15H,11-14,16-17H2,1-4H3,(H,32,38)(H2,33,34,35). The summed E-state index contributed by atoms with van der Waals surface area (Å²) in [6, 6.07) is 10.1. The number of nitrogens with one attached hydrogen (secondary N) is 3. The van der Waals surface area contributed by atoms with Crippen LogP contribution in [0.2, 0.25) is 0 Å². The molecule has 1 aliphatic heterocycles. The Hall–Kier alpha value is -3.80. The van der Waals surface area contributed by atoms with Crippen molar-refractivity contribution in [2.75, 3.05) is 38.2 Å². The van der Waals surface area contributed by atoms with Gasteiger partial charge in [0.25, 0.3) is 0 Å². The molecule has 3 N–H and O–H groups in total. The number of H-pyrrole nitrogens is 1. The van der Waals surface area contributed by atoms with E-state index in [4.69, 9.17) is 9.47 Å². The lowest BCUT2D eigenvalue weighted by Gasteiger charge is -2.32. The van der Waals surface area contributed by atoms with Crippen molar-refractivity contribution in [3.8, 4) is 0 Å². The number of rotatable bonds is 7. The van der Waals surface area contributed by atoms with E-state index in [1.165, 1.54) is 6.07 Å². The van der Waals surface area contributed by atoms with Crippen LogP contribution in [0, 0.1) is 5.41 Å². The number of imidazole rings is 1. The van der Waals surface area contributed by atoms with Crippen LogP contribution in [0.3, 0.4) is 0 Å². The number of hydrogen-bond acceptors (Lipinski definition) is 6. The van der Waals surface area contributed by atoms with Crippen molar-refractivity contribution in [1.82, 2.24) is 20.2 Å². The molecule has 1 saturated heterocycles. The van der Waals surface area contributed by atoms with Gasteiger partial charge in [0.15, 0.2) is 0 Å². The molecule has 9 nitrogen and oxygen atoms in total. The monoisotopic (exact) mass is 561 g/mol. The number of hydrogen-bond donors (Lipinski definition) is 3. The smallest absolute Gasteiger partial charge is 0.416 e. The van der Waals surface area contributed by atoms with Gasteiger partial charge in [-0.2, -0.15) is 13.2 Å². The van der Waals surface area contributed by atoms with Gasteiger partial charge in [-0.15, -0.1) is 0 Å². The first-order valence-corrected chi connectivity index (χ1v) is 13.0. The fourth-order valence-electron chi connectivity index (χ4n) is 4.26. The van der Waals surface area contributed by atoms with Gasteiger partial charge in [-0.05, 0) is 57.0 Å². The molecule has 0 spiro atoms. The van der Waals surface area contributed by atoms with Gasteiger partial charge < -0.3 is 30.0 Å². The molecule has 0 aliphatic carbocycles. The lowest BCUT2D eigenvalue weighted by Crippen LogP contribution is -2.45. The van der Waals surface area contributed by atoms with Crippen molar-refractivity contribution < 1.29 is 32.2 Å². The fraction of sp³-hybridized carbons (Fsp3) is 0.464. The van der Waals surface area contributed by atoms with Crippen LogP contribution in [0.25, 0.3) is 11.0 Å². The molecule has 2 amide bonds. The number of carbonyl (C=O) groups is 2. The van der Waals surface area contributed by atoms with E-state index in [9.17, 15) is 22.8 Å². The summed E-state index contributed by atoms with van der Waals surface area (Å²) in [7, 11) is 0. The molecule has 3 aromatic rings. The third-order valence-electron chi connectivity index (χ3n) is 6.65. The van der Waals surface area contributed by atoms with Crippen molar-refractivity contribution in [2.24, 2.45) is 5.41 Å². The number of amides is 2. The molecule has 2 heterocycles. The predicted octanol–water partition coefficient (Wildman–Crippen LogP) is 5.04. The van der Waals surface area contributed by atoms with E-state index in [-0.39, 0.29) is 30.7 Å². The third kappa shape index (κ3) is 6.85. The maximum atomic E-state index is 13.5. The van der Waals surface area contributed by atoms with Crippen molar-refractivity contribution in [3.05, 3.63) is 59.2 Å². The highest BCUT2D eigenvalue weighted by Crippen LogP contribution is 2.34. The Balaban J connectivity index is 1.60. The Kier molecular flexibility index (Phi) is 8.29. The molecule has 1 aliphatic rings. The molecular weight excluding hydrogens is 527 g/mol. The van der Waals surface area contributed by atoms with Gasteiger partial charge in [0.2, 0.25) is 5.95 Å². The summed E-state index contributed by atoms with van der Waals surface area (Å²) in [5, 5.41) is 6.07. The molecule has 216 valence electrons. The van der Waals surface area contributed by atoms with E-state index in [0.29, 0.717) is 37.3 Å². The maximum Gasteiger partial charge on any atom is 0.416 e. The molecule has 1 aromatic heterocycles. The molecule has 4 rings (SSSR count). The average Bonchev–Trinajstić information content (AvgIpc) is 3.32. The second kappa shape index (κ2) is 11.4. The number of fused-ring (bicyclic) bond motifs is 1. The zero-order valence-electron chi connectivity index (χ0n) is 22.9. The first kappa shape index (κ1) is 29.2. The van der Waals surface area contributed by atoms with Crippen LogP contribution >= 0.6 is 0 Å². The Labute approximate surface area is 230 Å². The summed E-state index contributed by atoms with van der Waals surface area (Å²) in [5.41, 5.74) is -0.604. The number of urea groups is 1. The molecule has 1 atom stereocenters. The first-order valence-electron chi connectivity index (χ1n) is 13.0. The number of nitrogens with zero attached hydrogens (tertiary/aromatic N) is 2. The van der Waals surface area contributed by atoms with E-state index < -0.39 is 28.7 Å². The number of alkyl halides is 3. The lowest BCUT2D eigenvalue weighted by atomic mass is 9.91. The highest BCUT2D eigenvalue weighted by molar-refractivity contribution is 5.82. The van der Waals surface area contributed by atoms with Crippen molar-refractivity contribution in [2.45, 2.75) is 46.0 Å². The Bertz CT molecular complexity index is 1360. The van der Waals surface area contributed by atoms with Gasteiger partial charge >= 0.3 is 18.2 Å². The van der Waals surface area contributed by atoms with Gasteiger partial charge in [0.05, 0.1) is 40.8 Å². The van der Waals surface area contributed by atoms with Crippen LogP contribution in [-0.2, 0) is 32.5 Å². The molecule has 0 radical (unpaired) electrons. The highest BCUT2D eigenvalue weighted by Gasteiger charge is 2.36. The maximum absolute atomic E-state index is 13.5. The summed E-state index contributed by atoms with van der Waals surface area (Å²) in [6.45, 7) is 8.74. The molecule has 0 saturated carbocycles. The van der Waals surface area contributed by atoms with Crippen molar-refractivity contribution in [3.63, 3.8) is 0 Å². The van der Waals surface area contributed by atoms with Gasteiger partial charge in [-0.1, -0.05) is 24.3 Å². The van der Waals surface area contributed by atoms with E-state index in [1.807, 2.05) is 18.2 Å². The summed E-state index contributed by atoms with van der Waals surface area (Å²) in [4.78, 5) is 34.6. The lowest BCUT2D eigenvalue weighted by molar-refractivity contribution is -0.154. The van der Waals surface area contributed by atoms with Gasteiger partial charge in [-0.3, -0.25) is 4.79 Å². The van der Waals surface area contributed by atoms with Crippen LogP contribution in [0.1, 0.15) is 44.4 Å². The average molecular weight is 562 g/mol. The van der Waals surface area contributed by atoms with Crippen LogP contribution in [-0.4, -0.2) is 59.8 Å². The summed E-state index contributed by atoms with van der Waals surface area (Å²) >= 11 is 0. The topological polar surface area (TPSA) is 109 Å². The molecule has 1 fully saturated rings. The number of ether oxygens (including phenoxy) is 2. The van der Waals surface area contributed by atoms with Crippen LogP contribution in [0.4, 0.5) is 23.9 Å². The van der Waals surface area contributed by atoms with E-state index in [2.05, 4.69) is 20.6 Å². The predicted molar refractivity (Wildman–Crippen MR) is 144 cm³/mol. The second-order valence-corrected chi connectivity index (χ2v) is 11.0. The largest absolute Gasteiger partial charge is 0.462 e. The molecule has 0 bridgehead atoms. The number of morpholine rings is 1. The van der Waals surface area contributed by atoms with Gasteiger partial charge in [0, 0.05) is 19.6 Å². The normalized spacial score (nSPS) is 15.9. The Morgan fingerprint density at radius 2 is 1.73 bits per heavy atom. The number of benzene rings is 2. The first-order chi connectivity index (χ1) is 18.8. The molecule has 40 heavy (non-hydrogen) atoms. The number of esters is 1. The van der Waals surface area contributed by atoms with E-state index >= 15 is 0 Å². The molecule has 2 aromatic carbocycles. The fourth-order valence-corrected chi connectivity index (χ4v) is 4.26. The second-order valence-electron chi connectivity index (χ2n) is 11.0. The van der Waals surface area contributed by atoms with Gasteiger partial charge in [0.1, 0.15) is 6.61 Å². The number of para-hydroxylation sites is 1. The number of carbonyl (C=O) groups excluding carboxylic acids is 2. The minimum Gasteiger partial charge on any atom is -0.462 e. The van der Waals surface area contributed by atoms with Crippen molar-refractivity contribution >= 4 is 29.0 Å². The van der Waals surface area contributed by atoms with Crippen LogP contribution in [0.5, 0.6) is 0 Å². The van der Waals surface area contributed by atoms with Crippen LogP contribution in [0.15, 0.2) is 42.5 Å². The van der Waals surface area contributed by atoms with Gasteiger partial charge in [-0.25, -0.2) is 9.78 Å². The van der Waals surface area contributed by atoms with E-state index in [1.54, 1.807) is 38.7 Å². The summed E-state index contributed by atoms with van der Waals surface area (Å²) in [6.07, 6.45) is -4.54. The Morgan fingerprint density at radius 1 is 1.05 bits per heavy atom. The number of aromatic amines is 1. The quantitative estimate of drug-likeness (QED) is 0.349.